The molecule has 0 aliphatic rings. The van der Waals surface area contributed by atoms with Crippen LogP contribution in [0.1, 0.15) is 18.3 Å². The normalized spacial score (nSPS) is 10.4. The second-order valence-corrected chi connectivity index (χ2v) is 4.76. The maximum Gasteiger partial charge on any atom is 0.158 e. The molecule has 6 nitrogen and oxygen atoms in total. The third-order valence-corrected chi connectivity index (χ3v) is 2.95. The van der Waals surface area contributed by atoms with E-state index in [1.54, 1.807) is 6.07 Å². The first-order chi connectivity index (χ1) is 10.2. The third kappa shape index (κ3) is 4.86. The van der Waals surface area contributed by atoms with Gasteiger partial charge in [-0.3, -0.25) is 0 Å². The Bertz CT molecular complexity index is 593. The van der Waals surface area contributed by atoms with E-state index < -0.39 is 0 Å². The zero-order chi connectivity index (χ0) is 15.1. The fraction of sp³-hybridized carbons (Fsp3) is 0.286. The molecule has 1 heterocycles. The number of rotatable bonds is 7. The summed E-state index contributed by atoms with van der Waals surface area (Å²) in [5, 5.41) is 3.93. The Labute approximate surface area is 128 Å². The lowest BCUT2D eigenvalue weighted by atomic mass is 10.2. The fourth-order valence-corrected chi connectivity index (χ4v) is 1.97. The first-order valence-corrected chi connectivity index (χ1v) is 6.99. The number of anilines is 2. The maximum absolute atomic E-state index is 5.96. The van der Waals surface area contributed by atoms with E-state index in [4.69, 9.17) is 22.2 Å². The second-order valence-electron chi connectivity index (χ2n) is 4.32. The van der Waals surface area contributed by atoms with Gasteiger partial charge in [-0.2, -0.15) is 0 Å². The third-order valence-electron chi connectivity index (χ3n) is 2.72. The van der Waals surface area contributed by atoms with Crippen molar-refractivity contribution >= 4 is 23.2 Å². The van der Waals surface area contributed by atoms with Gasteiger partial charge in [-0.25, -0.2) is 15.8 Å². The summed E-state index contributed by atoms with van der Waals surface area (Å²) in [7, 11) is 0. The van der Waals surface area contributed by atoms with Crippen molar-refractivity contribution in [1.29, 1.82) is 0 Å². The molecule has 0 spiro atoms. The first-order valence-electron chi connectivity index (χ1n) is 6.62. The van der Waals surface area contributed by atoms with E-state index in [2.05, 4.69) is 20.7 Å². The summed E-state index contributed by atoms with van der Waals surface area (Å²) < 4.78 is 5.31. The van der Waals surface area contributed by atoms with E-state index in [0.29, 0.717) is 42.2 Å². The highest BCUT2D eigenvalue weighted by molar-refractivity contribution is 6.30. The predicted molar refractivity (Wildman–Crippen MR) is 84.0 cm³/mol. The van der Waals surface area contributed by atoms with Crippen molar-refractivity contribution in [2.24, 2.45) is 5.84 Å². The number of benzene rings is 1. The average Bonchev–Trinajstić information content (AvgIpc) is 2.51. The van der Waals surface area contributed by atoms with Gasteiger partial charge in [0.25, 0.3) is 0 Å². The van der Waals surface area contributed by atoms with Crippen molar-refractivity contribution in [1.82, 2.24) is 9.97 Å². The molecule has 0 saturated carbocycles. The molecule has 0 aliphatic carbocycles. The van der Waals surface area contributed by atoms with Crippen molar-refractivity contribution in [3.05, 3.63) is 46.7 Å². The Morgan fingerprint density at radius 1 is 1.24 bits per heavy atom. The SMILES string of the molecule is CCOCc1nc(NN)cc(NCc2cccc(Cl)c2)n1. The van der Waals surface area contributed by atoms with Gasteiger partial charge in [0.1, 0.15) is 18.2 Å². The number of hydrogen-bond acceptors (Lipinski definition) is 6. The lowest BCUT2D eigenvalue weighted by Gasteiger charge is -2.10. The Morgan fingerprint density at radius 2 is 2.05 bits per heavy atom. The van der Waals surface area contributed by atoms with Gasteiger partial charge in [0, 0.05) is 24.2 Å². The predicted octanol–water partition coefficient (Wildman–Crippen LogP) is 2.56. The highest BCUT2D eigenvalue weighted by atomic mass is 35.5. The Hall–Kier alpha value is -1.89. The van der Waals surface area contributed by atoms with Crippen LogP contribution < -0.4 is 16.6 Å². The van der Waals surface area contributed by atoms with Gasteiger partial charge < -0.3 is 15.5 Å². The van der Waals surface area contributed by atoms with Crippen LogP contribution in [0.5, 0.6) is 0 Å². The Balaban J connectivity index is 2.07. The molecule has 0 atom stereocenters. The Kier molecular flexibility index (Phi) is 5.74. The molecular formula is C14H18ClN5O. The average molecular weight is 308 g/mol. The molecule has 0 aliphatic heterocycles. The van der Waals surface area contributed by atoms with E-state index in [0.717, 1.165) is 5.56 Å². The van der Waals surface area contributed by atoms with Crippen LogP contribution in [-0.4, -0.2) is 16.6 Å². The molecule has 1 aromatic carbocycles. The molecule has 1 aromatic heterocycles. The molecule has 0 radical (unpaired) electrons. The summed E-state index contributed by atoms with van der Waals surface area (Å²) in [6, 6.07) is 9.38. The lowest BCUT2D eigenvalue weighted by molar-refractivity contribution is 0.128. The van der Waals surface area contributed by atoms with Gasteiger partial charge in [-0.05, 0) is 24.6 Å². The zero-order valence-corrected chi connectivity index (χ0v) is 12.5. The summed E-state index contributed by atoms with van der Waals surface area (Å²) >= 11 is 5.96. The van der Waals surface area contributed by atoms with Crippen LogP contribution >= 0.6 is 11.6 Å². The van der Waals surface area contributed by atoms with Gasteiger partial charge >= 0.3 is 0 Å². The van der Waals surface area contributed by atoms with Gasteiger partial charge in [-0.15, -0.1) is 0 Å². The van der Waals surface area contributed by atoms with E-state index in [1.807, 2.05) is 31.2 Å². The molecule has 2 aromatic rings. The molecule has 112 valence electrons. The molecule has 0 fully saturated rings. The zero-order valence-electron chi connectivity index (χ0n) is 11.8. The minimum Gasteiger partial charge on any atom is -0.374 e. The van der Waals surface area contributed by atoms with Crippen LogP contribution in [0, 0.1) is 0 Å². The van der Waals surface area contributed by atoms with Crippen LogP contribution in [-0.2, 0) is 17.9 Å². The highest BCUT2D eigenvalue weighted by Crippen LogP contribution is 2.14. The van der Waals surface area contributed by atoms with E-state index >= 15 is 0 Å². The molecule has 4 N–H and O–H groups in total. The molecule has 0 amide bonds. The van der Waals surface area contributed by atoms with Crippen molar-refractivity contribution in [2.75, 3.05) is 17.3 Å². The number of nitrogens with one attached hydrogen (secondary N) is 2. The number of aromatic nitrogens is 2. The van der Waals surface area contributed by atoms with Crippen molar-refractivity contribution in [3.8, 4) is 0 Å². The van der Waals surface area contributed by atoms with Crippen LogP contribution in [0.4, 0.5) is 11.6 Å². The summed E-state index contributed by atoms with van der Waals surface area (Å²) in [6.45, 7) is 3.48. The van der Waals surface area contributed by atoms with Gasteiger partial charge in [0.15, 0.2) is 5.82 Å². The molecular weight excluding hydrogens is 290 g/mol. The number of nitrogens with zero attached hydrogens (tertiary/aromatic N) is 2. The number of nitrogens with two attached hydrogens (primary N) is 1. The van der Waals surface area contributed by atoms with Crippen LogP contribution in [0.25, 0.3) is 0 Å². The van der Waals surface area contributed by atoms with E-state index in [1.165, 1.54) is 0 Å². The molecule has 21 heavy (non-hydrogen) atoms. The highest BCUT2D eigenvalue weighted by Gasteiger charge is 2.04. The fourth-order valence-electron chi connectivity index (χ4n) is 1.76. The second kappa shape index (κ2) is 7.78. The largest absolute Gasteiger partial charge is 0.374 e. The van der Waals surface area contributed by atoms with Crippen molar-refractivity contribution in [3.63, 3.8) is 0 Å². The number of ether oxygens (including phenoxy) is 1. The van der Waals surface area contributed by atoms with Crippen LogP contribution in [0.2, 0.25) is 5.02 Å². The number of hydrazine groups is 1. The molecule has 0 unspecified atom stereocenters. The van der Waals surface area contributed by atoms with Crippen LogP contribution in [0.3, 0.4) is 0 Å². The Morgan fingerprint density at radius 3 is 2.76 bits per heavy atom. The summed E-state index contributed by atoms with van der Waals surface area (Å²) in [5.74, 6) is 7.20. The number of nitrogen functional groups attached to an aromatic ring is 1. The van der Waals surface area contributed by atoms with E-state index in [-0.39, 0.29) is 0 Å². The summed E-state index contributed by atoms with van der Waals surface area (Å²) in [6.07, 6.45) is 0. The van der Waals surface area contributed by atoms with Crippen molar-refractivity contribution < 1.29 is 4.74 Å². The van der Waals surface area contributed by atoms with Crippen molar-refractivity contribution in [2.45, 2.75) is 20.1 Å². The lowest BCUT2D eigenvalue weighted by Crippen LogP contribution is -2.13. The minimum absolute atomic E-state index is 0.345. The summed E-state index contributed by atoms with van der Waals surface area (Å²) in [5.41, 5.74) is 3.59. The van der Waals surface area contributed by atoms with Gasteiger partial charge in [0.05, 0.1) is 0 Å². The minimum atomic E-state index is 0.345. The first kappa shape index (κ1) is 15.5. The molecule has 0 saturated heterocycles. The number of halogens is 1. The molecule has 2 rings (SSSR count). The summed E-state index contributed by atoms with van der Waals surface area (Å²) in [4.78, 5) is 8.61. The van der Waals surface area contributed by atoms with Gasteiger partial charge in [0.2, 0.25) is 0 Å². The smallest absolute Gasteiger partial charge is 0.158 e. The quantitative estimate of drug-likeness (QED) is 0.538. The van der Waals surface area contributed by atoms with Crippen LogP contribution in [0.15, 0.2) is 30.3 Å². The monoisotopic (exact) mass is 307 g/mol. The topological polar surface area (TPSA) is 85.1 Å². The maximum atomic E-state index is 5.96. The number of hydrogen-bond donors (Lipinski definition) is 3. The standard InChI is InChI=1S/C14H18ClN5O/c1-2-21-9-14-18-12(7-13(19-14)20-16)17-8-10-4-3-5-11(15)6-10/h3-7H,2,8-9,16H2,1H3,(H2,17,18,19,20). The van der Waals surface area contributed by atoms with Gasteiger partial charge in [-0.1, -0.05) is 23.7 Å². The molecule has 0 bridgehead atoms. The van der Waals surface area contributed by atoms with E-state index in [9.17, 15) is 0 Å². The molecule has 7 heteroatoms.